The van der Waals surface area contributed by atoms with Crippen LogP contribution in [0.15, 0.2) is 52.9 Å². The molecule has 26 heavy (non-hydrogen) atoms. The van der Waals surface area contributed by atoms with Crippen LogP contribution in [0.3, 0.4) is 0 Å². The predicted octanol–water partition coefficient (Wildman–Crippen LogP) is 4.48. The fraction of sp³-hybridized carbons (Fsp3) is 0.100. The zero-order valence-electron chi connectivity index (χ0n) is 14.1. The number of rotatable bonds is 6. The Labute approximate surface area is 150 Å². The molecule has 0 saturated carbocycles. The van der Waals surface area contributed by atoms with Gasteiger partial charge in [0.25, 0.3) is 0 Å². The summed E-state index contributed by atoms with van der Waals surface area (Å²) in [5.74, 6) is 1.04. The second-order valence-corrected chi connectivity index (χ2v) is 5.43. The molecular formula is C20H16FN3O2. The highest BCUT2D eigenvalue weighted by Crippen LogP contribution is 2.20. The van der Waals surface area contributed by atoms with Gasteiger partial charge in [-0.05, 0) is 41.5 Å². The fourth-order valence-corrected chi connectivity index (χ4v) is 2.30. The Hall–Kier alpha value is -3.59. The van der Waals surface area contributed by atoms with Gasteiger partial charge in [-0.25, -0.2) is 4.39 Å². The molecule has 3 rings (SSSR count). The van der Waals surface area contributed by atoms with Gasteiger partial charge in [-0.3, -0.25) is 0 Å². The van der Waals surface area contributed by atoms with E-state index in [1.165, 1.54) is 12.1 Å². The first-order valence-electron chi connectivity index (χ1n) is 7.89. The summed E-state index contributed by atoms with van der Waals surface area (Å²) in [4.78, 5) is 4.14. The third-order valence-electron chi connectivity index (χ3n) is 3.63. The second kappa shape index (κ2) is 7.99. The van der Waals surface area contributed by atoms with Crippen molar-refractivity contribution < 1.29 is 13.5 Å². The summed E-state index contributed by atoms with van der Waals surface area (Å²) < 4.78 is 23.7. The maximum Gasteiger partial charge on any atom is 0.232 e. The molecule has 1 aromatic heterocycles. The highest BCUT2D eigenvalue weighted by molar-refractivity contribution is 5.67. The summed E-state index contributed by atoms with van der Waals surface area (Å²) in [6, 6.07) is 15.6. The molecule has 0 saturated heterocycles. The summed E-state index contributed by atoms with van der Waals surface area (Å²) in [5, 5.41) is 12.2. The Balaban J connectivity index is 1.72. The molecule has 0 radical (unpaired) electrons. The van der Waals surface area contributed by atoms with Crippen molar-refractivity contribution in [2.45, 2.75) is 6.54 Å². The van der Waals surface area contributed by atoms with Crippen LogP contribution in [0.4, 0.5) is 10.3 Å². The number of nitrogens with zero attached hydrogens (tertiary/aromatic N) is 2. The topological polar surface area (TPSA) is 71.1 Å². The summed E-state index contributed by atoms with van der Waals surface area (Å²) in [7, 11) is 1.61. The first kappa shape index (κ1) is 17.2. The Morgan fingerprint density at radius 1 is 1.23 bits per heavy atom. The van der Waals surface area contributed by atoms with Gasteiger partial charge in [-0.2, -0.15) is 10.2 Å². The maximum absolute atomic E-state index is 12.9. The molecule has 0 aliphatic carbocycles. The highest BCUT2D eigenvalue weighted by atomic mass is 19.1. The summed E-state index contributed by atoms with van der Waals surface area (Å²) in [6.07, 6.45) is 3.50. The van der Waals surface area contributed by atoms with Crippen molar-refractivity contribution >= 4 is 18.0 Å². The maximum atomic E-state index is 12.9. The van der Waals surface area contributed by atoms with E-state index in [9.17, 15) is 9.65 Å². The van der Waals surface area contributed by atoms with Crippen molar-refractivity contribution in [3.63, 3.8) is 0 Å². The van der Waals surface area contributed by atoms with E-state index in [1.54, 1.807) is 25.3 Å². The number of aromatic nitrogens is 1. The van der Waals surface area contributed by atoms with Gasteiger partial charge < -0.3 is 14.5 Å². The average Bonchev–Trinajstić information content (AvgIpc) is 3.08. The van der Waals surface area contributed by atoms with Crippen molar-refractivity contribution in [1.82, 2.24) is 4.98 Å². The molecule has 0 aliphatic heterocycles. The zero-order chi connectivity index (χ0) is 18.4. The van der Waals surface area contributed by atoms with E-state index >= 15 is 0 Å². The molecule has 0 unspecified atom stereocenters. The summed E-state index contributed by atoms with van der Waals surface area (Å²) in [5.41, 5.74) is 1.94. The molecule has 0 atom stereocenters. The van der Waals surface area contributed by atoms with Crippen LogP contribution in [0, 0.1) is 17.1 Å². The minimum atomic E-state index is -0.295. The van der Waals surface area contributed by atoms with Gasteiger partial charge in [-0.15, -0.1) is 0 Å². The normalized spacial score (nSPS) is 10.7. The number of benzene rings is 2. The third-order valence-corrected chi connectivity index (χ3v) is 3.63. The molecule has 5 nitrogen and oxygen atoms in total. The lowest BCUT2D eigenvalue weighted by Gasteiger charge is -2.02. The summed E-state index contributed by atoms with van der Waals surface area (Å²) in [6.45, 7) is 0.392. The number of hydrogen-bond donors (Lipinski definition) is 1. The van der Waals surface area contributed by atoms with Gasteiger partial charge in [0.15, 0.2) is 0 Å². The standard InChI is InChI=1S/C20H16FN3O2/c1-25-17-4-2-3-14(11-17)7-10-19-24-18(12-22)20(26-19)23-13-15-5-8-16(21)9-6-15/h2-11,23H,13H2,1H3. The van der Waals surface area contributed by atoms with E-state index in [4.69, 9.17) is 9.15 Å². The first-order valence-corrected chi connectivity index (χ1v) is 7.89. The number of hydrogen-bond acceptors (Lipinski definition) is 5. The van der Waals surface area contributed by atoms with Crippen LogP contribution in [-0.4, -0.2) is 12.1 Å². The third kappa shape index (κ3) is 4.28. The molecule has 6 heteroatoms. The molecule has 0 aliphatic rings. The SMILES string of the molecule is COc1cccc(C=Cc2nc(C#N)c(NCc3ccc(F)cc3)o2)c1. The quantitative estimate of drug-likeness (QED) is 0.710. The van der Waals surface area contributed by atoms with Crippen LogP contribution in [0.2, 0.25) is 0 Å². The molecular weight excluding hydrogens is 333 g/mol. The number of nitriles is 1. The van der Waals surface area contributed by atoms with Crippen LogP contribution in [-0.2, 0) is 6.54 Å². The molecule has 1 N–H and O–H groups in total. The Morgan fingerprint density at radius 3 is 2.77 bits per heavy atom. The molecule has 0 spiro atoms. The lowest BCUT2D eigenvalue weighted by Crippen LogP contribution is -1.99. The number of ether oxygens (including phenoxy) is 1. The van der Waals surface area contributed by atoms with Crippen molar-refractivity contribution in [1.29, 1.82) is 5.26 Å². The van der Waals surface area contributed by atoms with Crippen molar-refractivity contribution in [3.05, 3.63) is 77.1 Å². The van der Waals surface area contributed by atoms with Crippen molar-refractivity contribution in [2.75, 3.05) is 12.4 Å². The van der Waals surface area contributed by atoms with Crippen LogP contribution >= 0.6 is 0 Å². The lowest BCUT2D eigenvalue weighted by atomic mass is 10.2. The van der Waals surface area contributed by atoms with Gasteiger partial charge in [0, 0.05) is 12.6 Å². The van der Waals surface area contributed by atoms with Gasteiger partial charge in [0.05, 0.1) is 7.11 Å². The van der Waals surface area contributed by atoms with Crippen LogP contribution < -0.4 is 10.1 Å². The van der Waals surface area contributed by atoms with E-state index in [0.717, 1.165) is 16.9 Å². The predicted molar refractivity (Wildman–Crippen MR) is 96.9 cm³/mol. The van der Waals surface area contributed by atoms with Crippen LogP contribution in [0.25, 0.3) is 12.2 Å². The fourth-order valence-electron chi connectivity index (χ4n) is 2.30. The van der Waals surface area contributed by atoms with Gasteiger partial charge in [0.2, 0.25) is 17.5 Å². The minimum Gasteiger partial charge on any atom is -0.497 e. The summed E-state index contributed by atoms with van der Waals surface area (Å²) >= 11 is 0. The monoisotopic (exact) mass is 349 g/mol. The molecule has 2 aromatic carbocycles. The number of oxazole rings is 1. The van der Waals surface area contributed by atoms with E-state index in [1.807, 2.05) is 36.4 Å². The number of methoxy groups -OCH3 is 1. The molecule has 0 amide bonds. The van der Waals surface area contributed by atoms with Gasteiger partial charge >= 0.3 is 0 Å². The smallest absolute Gasteiger partial charge is 0.232 e. The molecule has 130 valence electrons. The van der Waals surface area contributed by atoms with Crippen LogP contribution in [0.1, 0.15) is 22.7 Å². The highest BCUT2D eigenvalue weighted by Gasteiger charge is 2.11. The number of anilines is 1. The number of halogens is 1. The lowest BCUT2D eigenvalue weighted by molar-refractivity contribution is 0.414. The van der Waals surface area contributed by atoms with E-state index in [0.29, 0.717) is 12.4 Å². The molecule has 0 fully saturated rings. The first-order chi connectivity index (χ1) is 12.7. The Kier molecular flexibility index (Phi) is 5.30. The molecule has 3 aromatic rings. The van der Waals surface area contributed by atoms with E-state index in [2.05, 4.69) is 10.3 Å². The Morgan fingerprint density at radius 2 is 2.04 bits per heavy atom. The van der Waals surface area contributed by atoms with Gasteiger partial charge in [-0.1, -0.05) is 24.3 Å². The minimum absolute atomic E-state index is 0.164. The van der Waals surface area contributed by atoms with E-state index < -0.39 is 0 Å². The molecule has 0 bridgehead atoms. The number of nitrogens with one attached hydrogen (secondary N) is 1. The molecule has 1 heterocycles. The van der Waals surface area contributed by atoms with Crippen molar-refractivity contribution in [3.8, 4) is 11.8 Å². The second-order valence-electron chi connectivity index (χ2n) is 5.43. The van der Waals surface area contributed by atoms with Crippen LogP contribution in [0.5, 0.6) is 5.75 Å². The zero-order valence-corrected chi connectivity index (χ0v) is 14.1. The average molecular weight is 349 g/mol. The van der Waals surface area contributed by atoms with E-state index in [-0.39, 0.29) is 17.4 Å². The van der Waals surface area contributed by atoms with Crippen molar-refractivity contribution in [2.24, 2.45) is 0 Å². The van der Waals surface area contributed by atoms with Gasteiger partial charge in [0.1, 0.15) is 17.6 Å². The Bertz CT molecular complexity index is 956. The largest absolute Gasteiger partial charge is 0.497 e.